The Hall–Kier alpha value is -0.190. The number of thioether (sulfide) groups is 1. The van der Waals surface area contributed by atoms with Crippen molar-refractivity contribution in [3.8, 4) is 0 Å². The fraction of sp³-hybridized carbons (Fsp3) is 0.417. The maximum absolute atomic E-state index is 11.8. The summed E-state index contributed by atoms with van der Waals surface area (Å²) in [4.78, 5) is 11.8. The van der Waals surface area contributed by atoms with Crippen molar-refractivity contribution in [3.05, 3.63) is 33.3 Å². The summed E-state index contributed by atoms with van der Waals surface area (Å²) in [5.74, 6) is 1.09. The van der Waals surface area contributed by atoms with Crippen LogP contribution in [0.1, 0.15) is 23.2 Å². The van der Waals surface area contributed by atoms with Gasteiger partial charge in [-0.05, 0) is 59.0 Å². The van der Waals surface area contributed by atoms with Gasteiger partial charge >= 0.3 is 0 Å². The Balaban J connectivity index is 2.39. The molecular weight excluding hydrogens is 322 g/mol. The Kier molecular flexibility index (Phi) is 7.00. The van der Waals surface area contributed by atoms with Crippen molar-refractivity contribution in [1.82, 2.24) is 5.32 Å². The smallest absolute Gasteiger partial charge is 0.251 e. The molecule has 0 atom stereocenters. The van der Waals surface area contributed by atoms with Crippen molar-refractivity contribution in [2.75, 3.05) is 18.6 Å². The number of nitrogens with one attached hydrogen (secondary N) is 1. The van der Waals surface area contributed by atoms with Crippen LogP contribution in [0, 0.1) is 0 Å². The molecule has 0 unspecified atom stereocenters. The van der Waals surface area contributed by atoms with Gasteiger partial charge in [0.05, 0.1) is 5.02 Å². The first-order valence-corrected chi connectivity index (χ1v) is 7.94. The molecule has 0 aromatic heterocycles. The standard InChI is InChI=1S/C12H15BrClNOS/c1-17-7-3-2-6-15-12(16)9-4-5-11(14)10(13)8-9/h4-5,8H,2-3,6-7H2,1H3,(H,15,16). The van der Waals surface area contributed by atoms with Crippen molar-refractivity contribution in [2.24, 2.45) is 0 Å². The monoisotopic (exact) mass is 335 g/mol. The van der Waals surface area contributed by atoms with Gasteiger partial charge in [-0.15, -0.1) is 0 Å². The largest absolute Gasteiger partial charge is 0.352 e. The third kappa shape index (κ3) is 5.32. The molecule has 0 aliphatic rings. The van der Waals surface area contributed by atoms with Crippen LogP contribution in [0.25, 0.3) is 0 Å². The molecule has 17 heavy (non-hydrogen) atoms. The van der Waals surface area contributed by atoms with Gasteiger partial charge in [0, 0.05) is 16.6 Å². The second kappa shape index (κ2) is 8.01. The van der Waals surface area contributed by atoms with Gasteiger partial charge in [0.15, 0.2) is 0 Å². The molecule has 94 valence electrons. The number of rotatable bonds is 6. The molecule has 1 rings (SSSR count). The molecule has 1 N–H and O–H groups in total. The predicted molar refractivity (Wildman–Crippen MR) is 79.1 cm³/mol. The van der Waals surface area contributed by atoms with Crippen LogP contribution < -0.4 is 5.32 Å². The summed E-state index contributed by atoms with van der Waals surface area (Å²) in [6.07, 6.45) is 4.23. The SMILES string of the molecule is CSCCCCNC(=O)c1ccc(Cl)c(Br)c1. The van der Waals surface area contributed by atoms with E-state index >= 15 is 0 Å². The summed E-state index contributed by atoms with van der Waals surface area (Å²) in [6, 6.07) is 5.18. The molecule has 0 aliphatic heterocycles. The first-order valence-electron chi connectivity index (χ1n) is 5.37. The average Bonchev–Trinajstić information content (AvgIpc) is 2.32. The Morgan fingerprint density at radius 3 is 2.88 bits per heavy atom. The van der Waals surface area contributed by atoms with Crippen LogP contribution in [0.5, 0.6) is 0 Å². The molecule has 1 amide bonds. The fourth-order valence-corrected chi connectivity index (χ4v) is 2.30. The van der Waals surface area contributed by atoms with Gasteiger partial charge in [-0.1, -0.05) is 11.6 Å². The van der Waals surface area contributed by atoms with Gasteiger partial charge in [0.25, 0.3) is 5.91 Å². The molecule has 0 bridgehead atoms. The Labute approximate surface area is 120 Å². The van der Waals surface area contributed by atoms with Crippen molar-refractivity contribution in [2.45, 2.75) is 12.8 Å². The lowest BCUT2D eigenvalue weighted by Crippen LogP contribution is -2.24. The second-order valence-electron chi connectivity index (χ2n) is 3.58. The second-order valence-corrected chi connectivity index (χ2v) is 5.83. The van der Waals surface area contributed by atoms with Crippen LogP contribution in [-0.2, 0) is 0 Å². The van der Waals surface area contributed by atoms with E-state index in [1.165, 1.54) is 0 Å². The van der Waals surface area contributed by atoms with Gasteiger partial charge < -0.3 is 5.32 Å². The summed E-state index contributed by atoms with van der Waals surface area (Å²) in [6.45, 7) is 0.722. The Bertz CT molecular complexity index is 387. The highest BCUT2D eigenvalue weighted by Crippen LogP contribution is 2.23. The lowest BCUT2D eigenvalue weighted by Gasteiger charge is -2.05. The predicted octanol–water partition coefficient (Wildman–Crippen LogP) is 3.98. The van der Waals surface area contributed by atoms with Gasteiger partial charge in [0.2, 0.25) is 0 Å². The van der Waals surface area contributed by atoms with E-state index in [1.807, 2.05) is 11.8 Å². The van der Waals surface area contributed by atoms with E-state index in [-0.39, 0.29) is 5.91 Å². The molecule has 0 fully saturated rings. The number of carbonyl (C=O) groups excluding carboxylic acids is 1. The minimum atomic E-state index is -0.0495. The van der Waals surface area contributed by atoms with E-state index in [9.17, 15) is 4.79 Å². The van der Waals surface area contributed by atoms with Crippen LogP contribution in [0.4, 0.5) is 0 Å². The van der Waals surface area contributed by atoms with Gasteiger partial charge in [0.1, 0.15) is 0 Å². The van der Waals surface area contributed by atoms with E-state index in [2.05, 4.69) is 27.5 Å². The highest BCUT2D eigenvalue weighted by Gasteiger charge is 2.06. The zero-order valence-electron chi connectivity index (χ0n) is 9.63. The number of unbranched alkanes of at least 4 members (excludes halogenated alkanes) is 1. The molecule has 0 saturated carbocycles. The zero-order chi connectivity index (χ0) is 12.7. The molecule has 2 nitrogen and oxygen atoms in total. The number of halogens is 2. The number of hydrogen-bond acceptors (Lipinski definition) is 2. The molecule has 0 spiro atoms. The molecule has 0 aliphatic carbocycles. The summed E-state index contributed by atoms with van der Waals surface area (Å²) in [5.41, 5.74) is 0.631. The van der Waals surface area contributed by atoms with Crippen molar-refractivity contribution in [1.29, 1.82) is 0 Å². The van der Waals surface area contributed by atoms with E-state index in [0.29, 0.717) is 10.6 Å². The van der Waals surface area contributed by atoms with Crippen LogP contribution in [0.3, 0.4) is 0 Å². The normalized spacial score (nSPS) is 10.3. The summed E-state index contributed by atoms with van der Waals surface area (Å²) in [7, 11) is 0. The summed E-state index contributed by atoms with van der Waals surface area (Å²) >= 11 is 11.0. The highest BCUT2D eigenvalue weighted by atomic mass is 79.9. The number of carbonyl (C=O) groups is 1. The molecular formula is C12H15BrClNOS. The topological polar surface area (TPSA) is 29.1 Å². The minimum absolute atomic E-state index is 0.0495. The third-order valence-electron chi connectivity index (χ3n) is 2.24. The lowest BCUT2D eigenvalue weighted by molar-refractivity contribution is 0.0953. The Morgan fingerprint density at radius 1 is 1.47 bits per heavy atom. The van der Waals surface area contributed by atoms with Gasteiger partial charge in [-0.2, -0.15) is 11.8 Å². The number of amides is 1. The van der Waals surface area contributed by atoms with Crippen LogP contribution in [-0.4, -0.2) is 24.5 Å². The van der Waals surface area contributed by atoms with Crippen molar-refractivity contribution >= 4 is 45.2 Å². The molecule has 0 saturated heterocycles. The number of benzene rings is 1. The number of hydrogen-bond donors (Lipinski definition) is 1. The average molecular weight is 337 g/mol. The van der Waals surface area contributed by atoms with Crippen LogP contribution in [0.15, 0.2) is 22.7 Å². The summed E-state index contributed by atoms with van der Waals surface area (Å²) in [5, 5.41) is 3.50. The van der Waals surface area contributed by atoms with E-state index < -0.39 is 0 Å². The first kappa shape index (κ1) is 14.9. The quantitative estimate of drug-likeness (QED) is 0.796. The summed E-state index contributed by atoms with van der Waals surface area (Å²) < 4.78 is 0.745. The molecule has 0 heterocycles. The molecule has 0 radical (unpaired) electrons. The highest BCUT2D eigenvalue weighted by molar-refractivity contribution is 9.10. The van der Waals surface area contributed by atoms with Crippen LogP contribution in [0.2, 0.25) is 5.02 Å². The molecule has 5 heteroatoms. The maximum atomic E-state index is 11.8. The van der Waals surface area contributed by atoms with Crippen molar-refractivity contribution < 1.29 is 4.79 Å². The Morgan fingerprint density at radius 2 is 2.24 bits per heavy atom. The zero-order valence-corrected chi connectivity index (χ0v) is 12.8. The first-order chi connectivity index (χ1) is 8.15. The van der Waals surface area contributed by atoms with E-state index in [0.717, 1.165) is 29.6 Å². The maximum Gasteiger partial charge on any atom is 0.251 e. The fourth-order valence-electron chi connectivity index (χ4n) is 1.31. The van der Waals surface area contributed by atoms with Crippen molar-refractivity contribution in [3.63, 3.8) is 0 Å². The third-order valence-corrected chi connectivity index (χ3v) is 4.15. The minimum Gasteiger partial charge on any atom is -0.352 e. The van der Waals surface area contributed by atoms with Gasteiger partial charge in [-0.25, -0.2) is 0 Å². The van der Waals surface area contributed by atoms with E-state index in [4.69, 9.17) is 11.6 Å². The molecule has 1 aromatic carbocycles. The lowest BCUT2D eigenvalue weighted by atomic mass is 10.2. The van der Waals surface area contributed by atoms with Gasteiger partial charge in [-0.3, -0.25) is 4.79 Å². The van der Waals surface area contributed by atoms with E-state index in [1.54, 1.807) is 18.2 Å². The van der Waals surface area contributed by atoms with Crippen LogP contribution >= 0.6 is 39.3 Å². The molecule has 1 aromatic rings.